The number of hydrogen-bond acceptors (Lipinski definition) is 6. The lowest BCUT2D eigenvalue weighted by atomic mass is 10.1. The Hall–Kier alpha value is -3.69. The number of nitrogens with one attached hydrogen (secondary N) is 1. The molecule has 0 atom stereocenters. The molecule has 2 aromatic heterocycles. The monoisotopic (exact) mass is 482 g/mol. The van der Waals surface area contributed by atoms with Crippen LogP contribution < -0.4 is 27.4 Å². The molecule has 0 saturated carbocycles. The minimum absolute atomic E-state index is 0.0531. The summed E-state index contributed by atoms with van der Waals surface area (Å²) in [6, 6.07) is 6.79. The Morgan fingerprint density at radius 3 is 2.29 bits per heavy atom. The van der Waals surface area contributed by atoms with Gasteiger partial charge in [-0.3, -0.25) is 28.8 Å². The van der Waals surface area contributed by atoms with Gasteiger partial charge in [0, 0.05) is 25.0 Å². The third-order valence-corrected chi connectivity index (χ3v) is 5.62. The van der Waals surface area contributed by atoms with Crippen molar-refractivity contribution in [2.24, 2.45) is 11.8 Å². The van der Waals surface area contributed by atoms with Crippen molar-refractivity contribution in [2.45, 2.75) is 60.5 Å². The number of unbranched alkanes of at least 4 members (excludes halogenated alkanes) is 1. The highest BCUT2D eigenvalue weighted by atomic mass is 16.2. The summed E-state index contributed by atoms with van der Waals surface area (Å²) in [6.45, 7) is 10.5. The van der Waals surface area contributed by atoms with Gasteiger partial charge in [-0.05, 0) is 24.3 Å². The lowest BCUT2D eigenvalue weighted by Crippen LogP contribution is -2.43. The highest BCUT2D eigenvalue weighted by Crippen LogP contribution is 2.23. The van der Waals surface area contributed by atoms with Crippen molar-refractivity contribution >= 4 is 28.2 Å². The van der Waals surface area contributed by atoms with Gasteiger partial charge in [0.15, 0.2) is 11.4 Å². The Morgan fingerprint density at radius 2 is 1.69 bits per heavy atom. The third kappa shape index (κ3) is 5.36. The second-order valence-electron chi connectivity index (χ2n) is 9.58. The van der Waals surface area contributed by atoms with E-state index in [4.69, 9.17) is 5.73 Å². The van der Waals surface area contributed by atoms with E-state index < -0.39 is 17.2 Å². The number of fused-ring (bicyclic) bond motifs is 1. The Balaban J connectivity index is 2.28. The molecule has 10 nitrogen and oxygen atoms in total. The van der Waals surface area contributed by atoms with Gasteiger partial charge in [-0.15, -0.1) is 0 Å². The minimum Gasteiger partial charge on any atom is -0.383 e. The number of aromatic nitrogens is 4. The van der Waals surface area contributed by atoms with Crippen LogP contribution >= 0.6 is 0 Å². The molecule has 10 heteroatoms. The van der Waals surface area contributed by atoms with Gasteiger partial charge in [0.2, 0.25) is 0 Å². The van der Waals surface area contributed by atoms with E-state index in [2.05, 4.69) is 10.1 Å². The van der Waals surface area contributed by atoms with E-state index in [-0.39, 0.29) is 47.7 Å². The van der Waals surface area contributed by atoms with Crippen LogP contribution in [-0.4, -0.2) is 31.8 Å². The number of aromatic amines is 1. The Bertz CT molecular complexity index is 1400. The highest BCUT2D eigenvalue weighted by molar-refractivity contribution is 6.13. The van der Waals surface area contributed by atoms with Crippen molar-refractivity contribution in [3.63, 3.8) is 0 Å². The number of hydrogen-bond donors (Lipinski definition) is 2. The molecule has 1 amide bonds. The molecule has 0 saturated heterocycles. The van der Waals surface area contributed by atoms with E-state index in [0.29, 0.717) is 23.7 Å². The molecule has 3 rings (SSSR count). The van der Waals surface area contributed by atoms with Crippen molar-refractivity contribution in [3.05, 3.63) is 61.2 Å². The van der Waals surface area contributed by atoms with Crippen molar-refractivity contribution in [2.75, 3.05) is 17.2 Å². The first-order valence-corrected chi connectivity index (χ1v) is 12.0. The second kappa shape index (κ2) is 10.7. The molecule has 0 spiro atoms. The van der Waals surface area contributed by atoms with Crippen LogP contribution in [0.2, 0.25) is 0 Å². The first-order valence-electron chi connectivity index (χ1n) is 12.0. The average Bonchev–Trinajstić information content (AvgIpc) is 2.79. The summed E-state index contributed by atoms with van der Waals surface area (Å²) in [6.07, 6.45) is 1.35. The molecule has 0 aliphatic carbocycles. The lowest BCUT2D eigenvalue weighted by molar-refractivity contribution is 0.0980. The zero-order chi connectivity index (χ0) is 25.9. The first kappa shape index (κ1) is 25.9. The number of benzene rings is 1. The maximum absolute atomic E-state index is 14.0. The molecule has 0 unspecified atom stereocenters. The summed E-state index contributed by atoms with van der Waals surface area (Å²) in [5.74, 6) is -0.423. The summed E-state index contributed by atoms with van der Waals surface area (Å²) in [5, 5.41) is 5.20. The largest absolute Gasteiger partial charge is 0.383 e. The first-order chi connectivity index (χ1) is 16.6. The maximum Gasteiger partial charge on any atom is 0.330 e. The van der Waals surface area contributed by atoms with Gasteiger partial charge in [-0.2, -0.15) is 5.10 Å². The summed E-state index contributed by atoms with van der Waals surface area (Å²) >= 11 is 0. The summed E-state index contributed by atoms with van der Waals surface area (Å²) in [5.41, 5.74) is 4.65. The lowest BCUT2D eigenvalue weighted by Gasteiger charge is -2.25. The molecule has 0 fully saturated rings. The number of rotatable bonds is 9. The molecule has 35 heavy (non-hydrogen) atoms. The second-order valence-corrected chi connectivity index (χ2v) is 9.58. The molecule has 3 aromatic rings. The van der Waals surface area contributed by atoms with Crippen LogP contribution in [0.5, 0.6) is 0 Å². The molecular weight excluding hydrogens is 448 g/mol. The smallest absolute Gasteiger partial charge is 0.330 e. The van der Waals surface area contributed by atoms with Gasteiger partial charge in [-0.1, -0.05) is 59.2 Å². The van der Waals surface area contributed by atoms with Crippen LogP contribution in [0.1, 0.15) is 57.9 Å². The van der Waals surface area contributed by atoms with E-state index in [1.807, 2.05) is 34.6 Å². The molecular formula is C25H34N6O4. The van der Waals surface area contributed by atoms with Gasteiger partial charge < -0.3 is 5.73 Å². The number of H-pyrrole nitrogens is 1. The predicted molar refractivity (Wildman–Crippen MR) is 138 cm³/mol. The fraction of sp³-hybridized carbons (Fsp3) is 0.480. The zero-order valence-corrected chi connectivity index (χ0v) is 21.0. The molecule has 0 aliphatic rings. The van der Waals surface area contributed by atoms with Crippen LogP contribution in [0.15, 0.2) is 38.6 Å². The molecule has 1 aromatic carbocycles. The number of amides is 1. The number of anilines is 2. The van der Waals surface area contributed by atoms with Gasteiger partial charge >= 0.3 is 5.69 Å². The van der Waals surface area contributed by atoms with Gasteiger partial charge in [0.05, 0.1) is 5.39 Å². The molecule has 3 N–H and O–H groups in total. The molecule has 188 valence electrons. The van der Waals surface area contributed by atoms with E-state index in [1.54, 1.807) is 24.3 Å². The Labute approximate surface area is 203 Å². The number of nitrogens with two attached hydrogens (primary N) is 1. The average molecular weight is 483 g/mol. The number of carbonyl (C=O) groups is 1. The van der Waals surface area contributed by atoms with E-state index >= 15 is 0 Å². The third-order valence-electron chi connectivity index (χ3n) is 5.62. The van der Waals surface area contributed by atoms with E-state index in [1.165, 1.54) is 14.1 Å². The van der Waals surface area contributed by atoms with Crippen LogP contribution in [-0.2, 0) is 13.1 Å². The van der Waals surface area contributed by atoms with Crippen molar-refractivity contribution in [1.29, 1.82) is 0 Å². The van der Waals surface area contributed by atoms with Gasteiger partial charge in [0.25, 0.3) is 17.0 Å². The normalized spacial score (nSPS) is 11.5. The van der Waals surface area contributed by atoms with Crippen LogP contribution in [0.25, 0.3) is 10.8 Å². The highest BCUT2D eigenvalue weighted by Gasteiger charge is 2.28. The standard InChI is InChI=1S/C25H34N6O4/c1-6-7-12-29(20-21(26)30(13-15(2)3)25(35)27-22(20)32)24(34)19-17-10-8-9-11-18(17)23(33)31(28-19)14-16(4)5/h8-11,15-16H,6-7,12-14,26H2,1-5H3,(H,27,32,35). The van der Waals surface area contributed by atoms with Crippen LogP contribution in [0.4, 0.5) is 11.5 Å². The summed E-state index contributed by atoms with van der Waals surface area (Å²) in [7, 11) is 0. The number of nitrogens with zero attached hydrogens (tertiary/aromatic N) is 4. The van der Waals surface area contributed by atoms with E-state index in [9.17, 15) is 19.2 Å². The summed E-state index contributed by atoms with van der Waals surface area (Å²) in [4.78, 5) is 56.0. The Kier molecular flexibility index (Phi) is 7.93. The van der Waals surface area contributed by atoms with Crippen molar-refractivity contribution in [3.8, 4) is 0 Å². The minimum atomic E-state index is -0.739. The molecule has 2 heterocycles. The SMILES string of the molecule is CCCCN(C(=O)c1nn(CC(C)C)c(=O)c2ccccc12)c1c(N)n(CC(C)C)c(=O)[nH]c1=O. The predicted octanol–water partition coefficient (Wildman–Crippen LogP) is 2.59. The topological polar surface area (TPSA) is 136 Å². The Morgan fingerprint density at radius 1 is 1.06 bits per heavy atom. The van der Waals surface area contributed by atoms with Crippen molar-refractivity contribution < 1.29 is 4.79 Å². The van der Waals surface area contributed by atoms with Gasteiger partial charge in [-0.25, -0.2) is 9.48 Å². The van der Waals surface area contributed by atoms with Crippen LogP contribution in [0, 0.1) is 11.8 Å². The summed E-state index contributed by atoms with van der Waals surface area (Å²) < 4.78 is 2.57. The van der Waals surface area contributed by atoms with Gasteiger partial charge in [0.1, 0.15) is 5.82 Å². The fourth-order valence-electron chi connectivity index (χ4n) is 4.01. The fourth-order valence-corrected chi connectivity index (χ4v) is 4.01. The number of carbonyl (C=O) groups excluding carboxylic acids is 1. The van der Waals surface area contributed by atoms with Crippen molar-refractivity contribution in [1.82, 2.24) is 19.3 Å². The molecule has 0 bridgehead atoms. The maximum atomic E-state index is 14.0. The molecule has 0 aliphatic heterocycles. The quantitative estimate of drug-likeness (QED) is 0.481. The van der Waals surface area contributed by atoms with E-state index in [0.717, 1.165) is 6.42 Å². The zero-order valence-electron chi connectivity index (χ0n) is 21.0. The van der Waals surface area contributed by atoms with Crippen LogP contribution in [0.3, 0.4) is 0 Å². The number of nitrogen functional groups attached to an aromatic ring is 1. The molecule has 0 radical (unpaired) electrons.